The summed E-state index contributed by atoms with van der Waals surface area (Å²) in [7, 11) is 0. The Kier molecular flexibility index (Phi) is 7.40. The molecule has 1 aromatic carbocycles. The van der Waals surface area contributed by atoms with Crippen LogP contribution in [0.25, 0.3) is 0 Å². The predicted octanol–water partition coefficient (Wildman–Crippen LogP) is 2.99. The topological polar surface area (TPSA) is 111 Å². The van der Waals surface area contributed by atoms with Crippen molar-refractivity contribution in [2.24, 2.45) is 5.16 Å². The summed E-state index contributed by atoms with van der Waals surface area (Å²) in [5, 5.41) is 23.7. The van der Waals surface area contributed by atoms with Crippen molar-refractivity contribution in [1.82, 2.24) is 5.48 Å². The molecule has 0 saturated heterocycles. The van der Waals surface area contributed by atoms with Crippen molar-refractivity contribution in [3.8, 4) is 0 Å². The van der Waals surface area contributed by atoms with Gasteiger partial charge in [-0.2, -0.15) is 0 Å². The van der Waals surface area contributed by atoms with Crippen molar-refractivity contribution >= 4 is 23.2 Å². The fourth-order valence-corrected chi connectivity index (χ4v) is 3.05. The monoisotopic (exact) mass is 347 g/mol. The molecule has 0 atom stereocenters. The minimum absolute atomic E-state index is 0.0279. The number of anilines is 1. The van der Waals surface area contributed by atoms with Gasteiger partial charge in [-0.05, 0) is 49.8 Å². The molecule has 7 heteroatoms. The standard InChI is InChI=1S/C18H25N3O4/c22-17(8-3-1-2-4-9-18(23)21-25)19-14-10-11-15-13(12-14)6-5-7-16(15)20-24/h10-12,24-25H,1-9H2,(H,19,22)(H,21,23)/b20-16+. The molecule has 0 saturated carbocycles. The van der Waals surface area contributed by atoms with Gasteiger partial charge in [0.2, 0.25) is 11.8 Å². The van der Waals surface area contributed by atoms with E-state index in [-0.39, 0.29) is 11.8 Å². The zero-order valence-electron chi connectivity index (χ0n) is 14.3. The summed E-state index contributed by atoms with van der Waals surface area (Å²) in [6.07, 6.45) is 6.55. The highest BCUT2D eigenvalue weighted by atomic mass is 16.5. The molecule has 0 fully saturated rings. The molecule has 0 bridgehead atoms. The third-order valence-electron chi connectivity index (χ3n) is 4.36. The molecule has 0 heterocycles. The highest BCUT2D eigenvalue weighted by Crippen LogP contribution is 2.25. The number of hydrogen-bond acceptors (Lipinski definition) is 5. The van der Waals surface area contributed by atoms with E-state index in [0.717, 1.165) is 55.3 Å². The van der Waals surface area contributed by atoms with Crippen LogP contribution in [-0.2, 0) is 16.0 Å². The Morgan fingerprint density at radius 2 is 1.76 bits per heavy atom. The van der Waals surface area contributed by atoms with Gasteiger partial charge in [-0.1, -0.05) is 24.1 Å². The number of rotatable bonds is 8. The van der Waals surface area contributed by atoms with Crippen LogP contribution in [0.15, 0.2) is 23.4 Å². The summed E-state index contributed by atoms with van der Waals surface area (Å²) >= 11 is 0. The van der Waals surface area contributed by atoms with Gasteiger partial charge in [0.05, 0.1) is 5.71 Å². The molecule has 0 radical (unpaired) electrons. The van der Waals surface area contributed by atoms with Crippen molar-refractivity contribution < 1.29 is 20.0 Å². The molecule has 0 aromatic heterocycles. The first kappa shape index (κ1) is 18.9. The second-order valence-corrected chi connectivity index (χ2v) is 6.27. The second-order valence-electron chi connectivity index (χ2n) is 6.27. The fourth-order valence-electron chi connectivity index (χ4n) is 3.05. The van der Waals surface area contributed by atoms with Crippen LogP contribution < -0.4 is 10.8 Å². The Bertz CT molecular complexity index is 643. The quantitative estimate of drug-likeness (QED) is 0.251. The van der Waals surface area contributed by atoms with Crippen molar-refractivity contribution in [3.63, 3.8) is 0 Å². The van der Waals surface area contributed by atoms with Gasteiger partial charge in [0.15, 0.2) is 0 Å². The number of aryl methyl sites for hydroxylation is 1. The van der Waals surface area contributed by atoms with Gasteiger partial charge in [-0.3, -0.25) is 14.8 Å². The van der Waals surface area contributed by atoms with Crippen molar-refractivity contribution in [2.75, 3.05) is 5.32 Å². The smallest absolute Gasteiger partial charge is 0.243 e. The molecule has 1 aliphatic carbocycles. The lowest BCUT2D eigenvalue weighted by atomic mass is 9.90. The number of hydrogen-bond donors (Lipinski definition) is 4. The Hall–Kier alpha value is -2.41. The molecule has 0 unspecified atom stereocenters. The van der Waals surface area contributed by atoms with E-state index in [1.54, 1.807) is 5.48 Å². The maximum absolute atomic E-state index is 12.0. The van der Waals surface area contributed by atoms with Crippen molar-refractivity contribution in [2.45, 2.75) is 57.8 Å². The number of nitrogens with zero attached hydrogens (tertiary/aromatic N) is 1. The van der Waals surface area contributed by atoms with Gasteiger partial charge in [-0.15, -0.1) is 0 Å². The Morgan fingerprint density at radius 3 is 2.44 bits per heavy atom. The van der Waals surface area contributed by atoms with Gasteiger partial charge in [0.25, 0.3) is 0 Å². The largest absolute Gasteiger partial charge is 0.411 e. The van der Waals surface area contributed by atoms with Gasteiger partial charge in [0, 0.05) is 24.1 Å². The molecule has 4 N–H and O–H groups in total. The first-order valence-electron chi connectivity index (χ1n) is 8.71. The highest BCUT2D eigenvalue weighted by molar-refractivity contribution is 6.03. The number of fused-ring (bicyclic) bond motifs is 1. The van der Waals surface area contributed by atoms with E-state index >= 15 is 0 Å². The number of amides is 2. The zero-order valence-corrected chi connectivity index (χ0v) is 14.3. The highest BCUT2D eigenvalue weighted by Gasteiger charge is 2.16. The number of carbonyl (C=O) groups is 2. The average molecular weight is 347 g/mol. The molecule has 25 heavy (non-hydrogen) atoms. The van der Waals surface area contributed by atoms with Gasteiger partial charge in [-0.25, -0.2) is 5.48 Å². The van der Waals surface area contributed by atoms with E-state index in [0.29, 0.717) is 25.0 Å². The number of benzene rings is 1. The van der Waals surface area contributed by atoms with Crippen molar-refractivity contribution in [1.29, 1.82) is 0 Å². The molecule has 7 nitrogen and oxygen atoms in total. The minimum atomic E-state index is -0.375. The summed E-state index contributed by atoms with van der Waals surface area (Å²) in [5.74, 6) is -0.403. The number of hydroxylamine groups is 1. The minimum Gasteiger partial charge on any atom is -0.411 e. The van der Waals surface area contributed by atoms with Crippen LogP contribution in [0.2, 0.25) is 0 Å². The van der Waals surface area contributed by atoms with Gasteiger partial charge >= 0.3 is 0 Å². The average Bonchev–Trinajstić information content (AvgIpc) is 2.63. The van der Waals surface area contributed by atoms with Crippen LogP contribution >= 0.6 is 0 Å². The molecule has 1 aliphatic rings. The molecule has 2 amide bonds. The van der Waals surface area contributed by atoms with E-state index in [1.165, 1.54) is 0 Å². The van der Waals surface area contributed by atoms with Crippen LogP contribution in [-0.4, -0.2) is 27.9 Å². The molecular formula is C18H25N3O4. The van der Waals surface area contributed by atoms with Crippen LogP contribution in [0, 0.1) is 0 Å². The lowest BCUT2D eigenvalue weighted by Crippen LogP contribution is -2.17. The lowest BCUT2D eigenvalue weighted by Gasteiger charge is -2.18. The molecular weight excluding hydrogens is 322 g/mol. The normalized spacial score (nSPS) is 14.8. The third kappa shape index (κ3) is 5.86. The first-order valence-corrected chi connectivity index (χ1v) is 8.71. The van der Waals surface area contributed by atoms with E-state index in [1.807, 2.05) is 18.2 Å². The number of oxime groups is 1. The van der Waals surface area contributed by atoms with Crippen LogP contribution in [0.4, 0.5) is 5.69 Å². The van der Waals surface area contributed by atoms with E-state index in [4.69, 9.17) is 10.4 Å². The van der Waals surface area contributed by atoms with E-state index in [9.17, 15) is 9.59 Å². The summed E-state index contributed by atoms with van der Waals surface area (Å²) in [4.78, 5) is 22.9. The van der Waals surface area contributed by atoms with Crippen LogP contribution in [0.1, 0.15) is 62.5 Å². The predicted molar refractivity (Wildman–Crippen MR) is 94.0 cm³/mol. The van der Waals surface area contributed by atoms with E-state index < -0.39 is 0 Å². The van der Waals surface area contributed by atoms with Crippen molar-refractivity contribution in [3.05, 3.63) is 29.3 Å². The maximum atomic E-state index is 12.0. The summed E-state index contributed by atoms with van der Waals surface area (Å²) < 4.78 is 0. The Balaban J connectivity index is 1.73. The van der Waals surface area contributed by atoms with Crippen LogP contribution in [0.3, 0.4) is 0 Å². The summed E-state index contributed by atoms with van der Waals surface area (Å²) in [6, 6.07) is 5.68. The van der Waals surface area contributed by atoms with Crippen LogP contribution in [0.5, 0.6) is 0 Å². The Morgan fingerprint density at radius 1 is 1.04 bits per heavy atom. The first-order chi connectivity index (χ1) is 12.1. The zero-order chi connectivity index (χ0) is 18.1. The molecule has 0 aliphatic heterocycles. The molecule has 2 rings (SSSR count). The maximum Gasteiger partial charge on any atom is 0.243 e. The SMILES string of the molecule is O=C(CCCCCCC(=O)Nc1ccc2c(c1)CCC/C2=N\O)NO. The molecule has 0 spiro atoms. The van der Waals surface area contributed by atoms with Gasteiger partial charge < -0.3 is 10.5 Å². The number of nitrogens with one attached hydrogen (secondary N) is 2. The van der Waals surface area contributed by atoms with E-state index in [2.05, 4.69) is 10.5 Å². The number of carbonyl (C=O) groups excluding carboxylic acids is 2. The Labute approximate surface area is 147 Å². The molecule has 1 aromatic rings. The third-order valence-corrected chi connectivity index (χ3v) is 4.36. The fraction of sp³-hybridized carbons (Fsp3) is 0.500. The lowest BCUT2D eigenvalue weighted by molar-refractivity contribution is -0.129. The summed E-state index contributed by atoms with van der Waals surface area (Å²) in [5.41, 5.74) is 5.13. The summed E-state index contributed by atoms with van der Waals surface area (Å²) in [6.45, 7) is 0. The second kappa shape index (κ2) is 9.78. The molecule has 136 valence electrons. The number of unbranched alkanes of at least 4 members (excludes halogenated alkanes) is 3. The van der Waals surface area contributed by atoms with Gasteiger partial charge in [0.1, 0.15) is 0 Å².